The Hall–Kier alpha value is -0.330. The summed E-state index contributed by atoms with van der Waals surface area (Å²) in [4.78, 5) is 11.2. The lowest BCUT2D eigenvalue weighted by atomic mass is 9.82. The Morgan fingerprint density at radius 2 is 1.25 bits per heavy atom. The predicted molar refractivity (Wildman–Crippen MR) is 71.6 cm³/mol. The van der Waals surface area contributed by atoms with Crippen molar-refractivity contribution in [1.82, 2.24) is 0 Å². The minimum atomic E-state index is 0.332. The Bertz CT molecular complexity index is 146. The summed E-state index contributed by atoms with van der Waals surface area (Å²) < 4.78 is 0. The standard InChI is InChI=1S/C15H30O/c1-4-7-10-14(11-8-5-2)15(13-16)12-9-6-3/h13-15H,4-12H2,1-3H3. The van der Waals surface area contributed by atoms with E-state index in [1.165, 1.54) is 57.7 Å². The van der Waals surface area contributed by atoms with Crippen LogP contribution < -0.4 is 0 Å². The average Bonchev–Trinajstić information content (AvgIpc) is 2.32. The molecule has 1 unspecified atom stereocenters. The van der Waals surface area contributed by atoms with Crippen LogP contribution in [-0.2, 0) is 4.79 Å². The Morgan fingerprint density at radius 1 is 0.812 bits per heavy atom. The molecule has 1 atom stereocenters. The van der Waals surface area contributed by atoms with Crippen molar-refractivity contribution < 1.29 is 4.79 Å². The van der Waals surface area contributed by atoms with Crippen LogP contribution in [0.15, 0.2) is 0 Å². The van der Waals surface area contributed by atoms with E-state index in [1.807, 2.05) is 0 Å². The van der Waals surface area contributed by atoms with Crippen LogP contribution >= 0.6 is 0 Å². The van der Waals surface area contributed by atoms with Crippen LogP contribution in [0, 0.1) is 11.8 Å². The van der Waals surface area contributed by atoms with Crippen molar-refractivity contribution >= 4 is 6.29 Å². The number of hydrogen-bond donors (Lipinski definition) is 0. The summed E-state index contributed by atoms with van der Waals surface area (Å²) in [5.74, 6) is 0.988. The summed E-state index contributed by atoms with van der Waals surface area (Å²) in [7, 11) is 0. The number of hydrogen-bond acceptors (Lipinski definition) is 1. The molecule has 0 aliphatic rings. The molecule has 0 heterocycles. The van der Waals surface area contributed by atoms with Gasteiger partial charge in [0.05, 0.1) is 0 Å². The maximum atomic E-state index is 11.2. The van der Waals surface area contributed by atoms with Crippen molar-refractivity contribution in [1.29, 1.82) is 0 Å². The van der Waals surface area contributed by atoms with Crippen molar-refractivity contribution in [3.63, 3.8) is 0 Å². The van der Waals surface area contributed by atoms with Gasteiger partial charge in [-0.25, -0.2) is 0 Å². The molecule has 0 bridgehead atoms. The fraction of sp³-hybridized carbons (Fsp3) is 0.933. The van der Waals surface area contributed by atoms with Gasteiger partial charge in [-0.2, -0.15) is 0 Å². The highest BCUT2D eigenvalue weighted by Gasteiger charge is 2.19. The third-order valence-corrected chi connectivity index (χ3v) is 3.53. The van der Waals surface area contributed by atoms with E-state index in [-0.39, 0.29) is 0 Å². The van der Waals surface area contributed by atoms with E-state index in [1.54, 1.807) is 0 Å². The molecule has 0 fully saturated rings. The third kappa shape index (κ3) is 7.03. The summed E-state index contributed by atoms with van der Waals surface area (Å²) in [6, 6.07) is 0. The van der Waals surface area contributed by atoms with Gasteiger partial charge in [-0.3, -0.25) is 0 Å². The van der Waals surface area contributed by atoms with E-state index in [0.29, 0.717) is 11.8 Å². The first-order valence-corrected chi connectivity index (χ1v) is 7.25. The number of carbonyl (C=O) groups is 1. The molecule has 0 spiro atoms. The number of aldehydes is 1. The summed E-state index contributed by atoms with van der Waals surface area (Å²) in [5.41, 5.74) is 0. The van der Waals surface area contributed by atoms with Crippen molar-refractivity contribution in [3.05, 3.63) is 0 Å². The van der Waals surface area contributed by atoms with Crippen LogP contribution in [0.25, 0.3) is 0 Å². The van der Waals surface area contributed by atoms with Gasteiger partial charge in [-0.1, -0.05) is 59.3 Å². The van der Waals surface area contributed by atoms with Gasteiger partial charge in [0.2, 0.25) is 0 Å². The first kappa shape index (κ1) is 15.7. The van der Waals surface area contributed by atoms with Gasteiger partial charge in [-0.15, -0.1) is 0 Å². The fourth-order valence-corrected chi connectivity index (χ4v) is 2.36. The second-order valence-corrected chi connectivity index (χ2v) is 4.99. The van der Waals surface area contributed by atoms with Gasteiger partial charge < -0.3 is 4.79 Å². The molecule has 0 aromatic rings. The molecular weight excluding hydrogens is 196 g/mol. The summed E-state index contributed by atoms with van der Waals surface area (Å²) in [6.45, 7) is 6.67. The Labute approximate surface area is 102 Å². The largest absolute Gasteiger partial charge is 0.303 e. The molecule has 0 rings (SSSR count). The Morgan fingerprint density at radius 3 is 1.62 bits per heavy atom. The highest BCUT2D eigenvalue weighted by atomic mass is 16.1. The topological polar surface area (TPSA) is 17.1 Å². The molecule has 16 heavy (non-hydrogen) atoms. The van der Waals surface area contributed by atoms with E-state index >= 15 is 0 Å². The quantitative estimate of drug-likeness (QED) is 0.454. The van der Waals surface area contributed by atoms with E-state index in [0.717, 1.165) is 6.42 Å². The zero-order valence-corrected chi connectivity index (χ0v) is 11.5. The summed E-state index contributed by atoms with van der Waals surface area (Å²) >= 11 is 0. The van der Waals surface area contributed by atoms with Gasteiger partial charge in [0.15, 0.2) is 0 Å². The molecule has 0 saturated heterocycles. The predicted octanol–water partition coefficient (Wildman–Crippen LogP) is 4.99. The average molecular weight is 226 g/mol. The molecule has 0 amide bonds. The maximum absolute atomic E-state index is 11.2. The zero-order valence-electron chi connectivity index (χ0n) is 11.5. The SMILES string of the molecule is CCCCC(C=O)C(CCCC)CCCC. The van der Waals surface area contributed by atoms with Crippen LogP contribution in [0.1, 0.15) is 78.6 Å². The number of rotatable bonds is 11. The first-order chi connectivity index (χ1) is 7.79. The molecule has 0 N–H and O–H groups in total. The van der Waals surface area contributed by atoms with Crippen molar-refractivity contribution in [2.75, 3.05) is 0 Å². The normalized spacial score (nSPS) is 13.0. The first-order valence-electron chi connectivity index (χ1n) is 7.25. The third-order valence-electron chi connectivity index (χ3n) is 3.53. The van der Waals surface area contributed by atoms with E-state index < -0.39 is 0 Å². The highest BCUT2D eigenvalue weighted by Crippen LogP contribution is 2.27. The minimum absolute atomic E-state index is 0.332. The van der Waals surface area contributed by atoms with Crippen LogP contribution in [-0.4, -0.2) is 6.29 Å². The molecule has 0 aliphatic carbocycles. The molecule has 0 aromatic carbocycles. The van der Waals surface area contributed by atoms with Crippen LogP contribution in [0.4, 0.5) is 0 Å². The fourth-order valence-electron chi connectivity index (χ4n) is 2.36. The maximum Gasteiger partial charge on any atom is 0.123 e. The molecule has 1 heteroatoms. The van der Waals surface area contributed by atoms with Crippen LogP contribution in [0.5, 0.6) is 0 Å². The van der Waals surface area contributed by atoms with Crippen molar-refractivity contribution in [2.24, 2.45) is 11.8 Å². The highest BCUT2D eigenvalue weighted by molar-refractivity contribution is 5.53. The van der Waals surface area contributed by atoms with E-state index in [2.05, 4.69) is 20.8 Å². The lowest BCUT2D eigenvalue weighted by Gasteiger charge is -2.22. The smallest absolute Gasteiger partial charge is 0.123 e. The number of carbonyl (C=O) groups excluding carboxylic acids is 1. The minimum Gasteiger partial charge on any atom is -0.303 e. The van der Waals surface area contributed by atoms with E-state index in [9.17, 15) is 4.79 Å². The lowest BCUT2D eigenvalue weighted by molar-refractivity contribution is -0.113. The second-order valence-electron chi connectivity index (χ2n) is 4.99. The van der Waals surface area contributed by atoms with Crippen molar-refractivity contribution in [2.45, 2.75) is 78.6 Å². The number of unbranched alkanes of at least 4 members (excludes halogenated alkanes) is 3. The zero-order chi connectivity index (χ0) is 12.2. The Kier molecular flexibility index (Phi) is 10.9. The van der Waals surface area contributed by atoms with Crippen LogP contribution in [0.2, 0.25) is 0 Å². The molecule has 0 saturated carbocycles. The molecule has 0 radical (unpaired) electrons. The summed E-state index contributed by atoms with van der Waals surface area (Å²) in [5, 5.41) is 0. The molecule has 96 valence electrons. The Balaban J connectivity index is 4.12. The molecule has 1 nitrogen and oxygen atoms in total. The molecular formula is C15H30O. The molecule has 0 aliphatic heterocycles. The molecule has 0 aromatic heterocycles. The van der Waals surface area contributed by atoms with Gasteiger partial charge in [-0.05, 0) is 25.2 Å². The summed E-state index contributed by atoms with van der Waals surface area (Å²) in [6.07, 6.45) is 12.3. The van der Waals surface area contributed by atoms with E-state index in [4.69, 9.17) is 0 Å². The lowest BCUT2D eigenvalue weighted by Crippen LogP contribution is -2.16. The van der Waals surface area contributed by atoms with Gasteiger partial charge in [0, 0.05) is 5.92 Å². The van der Waals surface area contributed by atoms with Crippen molar-refractivity contribution in [3.8, 4) is 0 Å². The van der Waals surface area contributed by atoms with Gasteiger partial charge >= 0.3 is 0 Å². The van der Waals surface area contributed by atoms with Gasteiger partial charge in [0.1, 0.15) is 6.29 Å². The monoisotopic (exact) mass is 226 g/mol. The van der Waals surface area contributed by atoms with Crippen LogP contribution in [0.3, 0.4) is 0 Å². The second kappa shape index (κ2) is 11.2. The van der Waals surface area contributed by atoms with Gasteiger partial charge in [0.25, 0.3) is 0 Å².